The molecule has 11 heteroatoms. The highest BCUT2D eigenvalue weighted by Gasteiger charge is 2.43. The van der Waals surface area contributed by atoms with Crippen molar-refractivity contribution >= 4 is 11.3 Å². The van der Waals surface area contributed by atoms with Gasteiger partial charge < -0.3 is 5.11 Å². The van der Waals surface area contributed by atoms with E-state index >= 15 is 0 Å². The Labute approximate surface area is 204 Å². The van der Waals surface area contributed by atoms with E-state index in [2.05, 4.69) is 20.0 Å². The Kier molecular flexibility index (Phi) is 6.10. The topological polar surface area (TPSA) is 104 Å². The van der Waals surface area contributed by atoms with Crippen LogP contribution in [0.3, 0.4) is 0 Å². The summed E-state index contributed by atoms with van der Waals surface area (Å²) in [7, 11) is 0. The second kappa shape index (κ2) is 9.22. The van der Waals surface area contributed by atoms with Gasteiger partial charge in [-0.05, 0) is 25.1 Å². The van der Waals surface area contributed by atoms with Crippen molar-refractivity contribution in [3.63, 3.8) is 0 Å². The van der Waals surface area contributed by atoms with E-state index in [1.165, 1.54) is 34.7 Å². The molecule has 4 aromatic rings. The fourth-order valence-electron chi connectivity index (χ4n) is 4.40. The first kappa shape index (κ1) is 23.2. The quantitative estimate of drug-likeness (QED) is 0.440. The van der Waals surface area contributed by atoms with Crippen LogP contribution in [0.5, 0.6) is 0 Å². The van der Waals surface area contributed by atoms with E-state index in [9.17, 15) is 13.9 Å². The summed E-state index contributed by atoms with van der Waals surface area (Å²) in [5, 5.41) is 25.8. The minimum atomic E-state index is -1.70. The zero-order chi connectivity index (χ0) is 24.6. The molecule has 35 heavy (non-hydrogen) atoms. The Hall–Kier alpha value is -3.59. The minimum absolute atomic E-state index is 0.00125. The summed E-state index contributed by atoms with van der Waals surface area (Å²) < 4.78 is 30.0. The van der Waals surface area contributed by atoms with E-state index in [1.807, 2.05) is 19.1 Å². The summed E-state index contributed by atoms with van der Waals surface area (Å²) in [6, 6.07) is 8.16. The number of halogens is 2. The van der Waals surface area contributed by atoms with E-state index < -0.39 is 23.3 Å². The Morgan fingerprint density at radius 2 is 2.14 bits per heavy atom. The lowest BCUT2D eigenvalue weighted by atomic mass is 9.85. The summed E-state index contributed by atoms with van der Waals surface area (Å²) in [4.78, 5) is 15.9. The average molecular weight is 494 g/mol. The summed E-state index contributed by atoms with van der Waals surface area (Å²) in [5.41, 5.74) is 0.453. The van der Waals surface area contributed by atoms with E-state index in [0.717, 1.165) is 33.3 Å². The van der Waals surface area contributed by atoms with Crippen molar-refractivity contribution in [2.75, 3.05) is 6.54 Å². The van der Waals surface area contributed by atoms with Crippen LogP contribution in [0.1, 0.15) is 28.8 Å². The molecule has 1 aliphatic heterocycles. The molecule has 3 aromatic heterocycles. The van der Waals surface area contributed by atoms with E-state index in [4.69, 9.17) is 10.2 Å². The van der Waals surface area contributed by atoms with E-state index in [0.29, 0.717) is 25.2 Å². The molecular formula is C24H21F2N7OS. The second-order valence-electron chi connectivity index (χ2n) is 8.47. The van der Waals surface area contributed by atoms with Gasteiger partial charge >= 0.3 is 0 Å². The number of nitrogens with zero attached hydrogens (tertiary/aromatic N) is 7. The van der Waals surface area contributed by atoms with Crippen molar-refractivity contribution < 1.29 is 13.9 Å². The summed E-state index contributed by atoms with van der Waals surface area (Å²) in [6.07, 6.45) is 5.09. The smallest absolute Gasteiger partial charge is 0.140 e. The van der Waals surface area contributed by atoms with Crippen molar-refractivity contribution in [1.29, 1.82) is 5.26 Å². The largest absolute Gasteiger partial charge is 0.381 e. The van der Waals surface area contributed by atoms with Crippen molar-refractivity contribution in [1.82, 2.24) is 29.6 Å². The number of hydrogen-bond acceptors (Lipinski definition) is 8. The molecule has 4 heterocycles. The van der Waals surface area contributed by atoms with Crippen molar-refractivity contribution in [2.45, 2.75) is 38.1 Å². The molecular weight excluding hydrogens is 472 g/mol. The van der Waals surface area contributed by atoms with Crippen LogP contribution < -0.4 is 0 Å². The molecule has 2 atom stereocenters. The first-order chi connectivity index (χ1) is 16.9. The number of rotatable bonds is 6. The van der Waals surface area contributed by atoms with Gasteiger partial charge in [0, 0.05) is 53.8 Å². The van der Waals surface area contributed by atoms with Crippen LogP contribution in [0, 0.1) is 23.0 Å². The van der Waals surface area contributed by atoms with Gasteiger partial charge in [0.15, 0.2) is 0 Å². The van der Waals surface area contributed by atoms with Crippen molar-refractivity contribution in [2.24, 2.45) is 0 Å². The third-order valence-corrected chi connectivity index (χ3v) is 7.52. The Morgan fingerprint density at radius 3 is 2.83 bits per heavy atom. The third kappa shape index (κ3) is 4.43. The van der Waals surface area contributed by atoms with Gasteiger partial charge in [-0.2, -0.15) is 10.4 Å². The lowest BCUT2D eigenvalue weighted by Gasteiger charge is -2.42. The number of fused-ring (bicyclic) bond motifs is 1. The molecule has 0 bridgehead atoms. The molecule has 0 fully saturated rings. The van der Waals surface area contributed by atoms with Crippen LogP contribution in [0.25, 0.3) is 10.6 Å². The molecule has 1 N–H and O–H groups in total. The predicted molar refractivity (Wildman–Crippen MR) is 124 cm³/mol. The molecule has 1 aliphatic rings. The Bertz CT molecular complexity index is 1380. The zero-order valence-electron chi connectivity index (χ0n) is 18.8. The number of pyridine rings is 1. The van der Waals surface area contributed by atoms with E-state index in [-0.39, 0.29) is 12.1 Å². The van der Waals surface area contributed by atoms with Gasteiger partial charge in [-0.1, -0.05) is 6.07 Å². The molecule has 0 unspecified atom stereocenters. The monoisotopic (exact) mass is 493 g/mol. The molecule has 8 nitrogen and oxygen atoms in total. The summed E-state index contributed by atoms with van der Waals surface area (Å²) in [5.74, 6) is -1.52. The fourth-order valence-corrected chi connectivity index (χ4v) is 5.53. The number of hydrogen-bond donors (Lipinski definition) is 1. The molecule has 178 valence electrons. The Balaban J connectivity index is 1.44. The molecule has 0 amide bonds. The number of nitriles is 1. The molecule has 5 rings (SSSR count). The van der Waals surface area contributed by atoms with Crippen LogP contribution in [-0.2, 0) is 25.1 Å². The first-order valence-corrected chi connectivity index (χ1v) is 11.8. The minimum Gasteiger partial charge on any atom is -0.381 e. The second-order valence-corrected chi connectivity index (χ2v) is 9.55. The molecule has 0 saturated heterocycles. The van der Waals surface area contributed by atoms with Gasteiger partial charge in [0.25, 0.3) is 0 Å². The van der Waals surface area contributed by atoms with Crippen LogP contribution in [0.15, 0.2) is 49.2 Å². The van der Waals surface area contributed by atoms with Crippen molar-refractivity contribution in [3.8, 4) is 16.6 Å². The molecule has 0 saturated carbocycles. The maximum atomic E-state index is 14.9. The predicted octanol–water partition coefficient (Wildman–Crippen LogP) is 3.28. The van der Waals surface area contributed by atoms with Crippen LogP contribution in [0.4, 0.5) is 8.78 Å². The van der Waals surface area contributed by atoms with Crippen LogP contribution in [0.2, 0.25) is 0 Å². The lowest BCUT2D eigenvalue weighted by molar-refractivity contribution is -0.0675. The first-order valence-electron chi connectivity index (χ1n) is 11.0. The molecule has 0 radical (unpaired) electrons. The van der Waals surface area contributed by atoms with Gasteiger partial charge in [0.1, 0.15) is 46.7 Å². The van der Waals surface area contributed by atoms with Gasteiger partial charge in [-0.15, -0.1) is 11.3 Å². The van der Waals surface area contributed by atoms with Crippen molar-refractivity contribution in [3.05, 3.63) is 82.6 Å². The number of aromatic nitrogens is 5. The third-order valence-electron chi connectivity index (χ3n) is 6.39. The highest BCUT2D eigenvalue weighted by atomic mass is 32.1. The highest BCUT2D eigenvalue weighted by molar-refractivity contribution is 7.15. The molecule has 0 spiro atoms. The molecule has 1 aromatic carbocycles. The normalized spacial score (nSPS) is 16.3. The maximum Gasteiger partial charge on any atom is 0.140 e. The Morgan fingerprint density at radius 1 is 1.29 bits per heavy atom. The number of aliphatic hydroxyl groups is 1. The molecule has 0 aliphatic carbocycles. The van der Waals surface area contributed by atoms with Crippen LogP contribution in [-0.4, -0.2) is 47.3 Å². The highest BCUT2D eigenvalue weighted by Crippen LogP contribution is 2.37. The number of thiazole rings is 1. The van der Waals surface area contributed by atoms with Gasteiger partial charge in [0.05, 0.1) is 12.2 Å². The SMILES string of the molecule is C[C@@H](N1CCc2nc(-c3ccc(C#N)nc3)sc2C1)[C@](O)(Cn1cncn1)c1ccc(F)cc1F. The average Bonchev–Trinajstić information content (AvgIpc) is 3.52. The van der Waals surface area contributed by atoms with Crippen LogP contribution >= 0.6 is 11.3 Å². The zero-order valence-corrected chi connectivity index (χ0v) is 19.6. The summed E-state index contributed by atoms with van der Waals surface area (Å²) in [6.45, 7) is 2.90. The number of benzene rings is 1. The van der Waals surface area contributed by atoms with Gasteiger partial charge in [-0.25, -0.2) is 28.4 Å². The fraction of sp³-hybridized carbons (Fsp3) is 0.292. The van der Waals surface area contributed by atoms with Gasteiger partial charge in [0.2, 0.25) is 0 Å². The maximum absolute atomic E-state index is 14.9. The lowest BCUT2D eigenvalue weighted by Crippen LogP contribution is -2.53. The van der Waals surface area contributed by atoms with Gasteiger partial charge in [-0.3, -0.25) is 4.90 Å². The van der Waals surface area contributed by atoms with E-state index in [1.54, 1.807) is 12.3 Å². The summed E-state index contributed by atoms with van der Waals surface area (Å²) >= 11 is 1.53. The standard InChI is InChI=1S/C24H21F2N7OS/c1-15(24(34,12-33-14-28-13-30-33)19-5-3-17(25)8-20(19)26)32-7-6-21-22(11-32)35-23(31-21)16-2-4-18(9-27)29-10-16/h2-5,8,10,13-15,34H,6-7,11-12H2,1H3/t15-,24-/m1/s1.